The normalized spacial score (nSPS) is 25.2. The number of nitrogens with one attached hydrogen (secondary N) is 2. The number of nitrogens with zero attached hydrogens (tertiary/aromatic N) is 4. The fraction of sp³-hybridized carbons (Fsp3) is 0.593. The smallest absolute Gasteiger partial charge is 0.370 e. The lowest BCUT2D eigenvalue weighted by molar-refractivity contribution is -0.177. The summed E-state index contributed by atoms with van der Waals surface area (Å²) in [5.41, 5.74) is 0.455. The van der Waals surface area contributed by atoms with E-state index in [1.54, 1.807) is 29.8 Å². The number of rotatable bonds is 8. The molecule has 220 valence electrons. The second-order valence-corrected chi connectivity index (χ2v) is 12.2. The lowest BCUT2D eigenvalue weighted by Crippen LogP contribution is -2.60. The number of carbonyl (C=O) groups excluding carboxylic acids is 3. The Hall–Kier alpha value is -3.18. The molecule has 6 atom stereocenters. The summed E-state index contributed by atoms with van der Waals surface area (Å²) in [5.74, 6) is -3.92. The molecule has 3 amide bonds. The van der Waals surface area contributed by atoms with Crippen molar-refractivity contribution in [3.8, 4) is 6.07 Å². The van der Waals surface area contributed by atoms with E-state index in [4.69, 9.17) is 4.74 Å². The summed E-state index contributed by atoms with van der Waals surface area (Å²) >= 11 is 3.45. The van der Waals surface area contributed by atoms with Gasteiger partial charge in [-0.3, -0.25) is 14.4 Å². The zero-order valence-corrected chi connectivity index (χ0v) is 24.0. The molecule has 2 N–H and O–H groups in total. The first-order valence-corrected chi connectivity index (χ1v) is 14.3. The van der Waals surface area contributed by atoms with Crippen LogP contribution in [0.15, 0.2) is 29.0 Å². The molecule has 0 bridgehead atoms. The van der Waals surface area contributed by atoms with Crippen LogP contribution >= 0.6 is 15.9 Å². The van der Waals surface area contributed by atoms with Crippen LogP contribution in [0.5, 0.6) is 0 Å². The molecule has 0 spiro atoms. The molecular weight excluding hydrogens is 609 g/mol. The van der Waals surface area contributed by atoms with E-state index < -0.39 is 53.7 Å². The standard InChI is InChI=1S/C27H30BrF3N6O4/c1-14(41-26(2)8-9-26)20(35-25(40)27(29,30)31)24(39)36-13-15-5-3-6-16(15)22(36)23(38)34-19(11-32)17-12-33-37-10-4-7-18(28)21(17)37/h4,7,10,12,14-16,19-20,22H,3,5-6,8-9,13H2,1-2H3,(H,34,38)(H,35,40)/t14-,15+,16+,19?,20+,22+/m1/s1. The molecule has 3 aliphatic rings. The van der Waals surface area contributed by atoms with Crippen LogP contribution in [-0.2, 0) is 19.1 Å². The highest BCUT2D eigenvalue weighted by molar-refractivity contribution is 9.10. The largest absolute Gasteiger partial charge is 0.471 e. The Morgan fingerprint density at radius 2 is 2.00 bits per heavy atom. The second kappa shape index (κ2) is 10.9. The summed E-state index contributed by atoms with van der Waals surface area (Å²) < 4.78 is 47.8. The Bertz CT molecular complexity index is 1400. The van der Waals surface area contributed by atoms with Gasteiger partial charge in [-0.15, -0.1) is 0 Å². The van der Waals surface area contributed by atoms with Crippen LogP contribution in [0, 0.1) is 23.2 Å². The molecule has 0 aromatic carbocycles. The SMILES string of the molecule is C[C@@H](OC1(C)CC1)[C@H](NC(=O)C(F)(F)F)C(=O)N1C[C@@H]2CCC[C@@H]2[C@H]1C(=O)NC(C#N)c1cnn2cccc(Br)c12. The first kappa shape index (κ1) is 29.3. The Balaban J connectivity index is 1.42. The number of hydrogen-bond donors (Lipinski definition) is 2. The first-order valence-electron chi connectivity index (χ1n) is 13.5. The van der Waals surface area contributed by atoms with Crippen LogP contribution in [0.2, 0.25) is 0 Å². The van der Waals surface area contributed by atoms with Crippen molar-refractivity contribution in [2.24, 2.45) is 11.8 Å². The van der Waals surface area contributed by atoms with E-state index in [-0.39, 0.29) is 18.4 Å². The number of pyridine rings is 1. The number of carbonyl (C=O) groups is 3. The summed E-state index contributed by atoms with van der Waals surface area (Å²) in [7, 11) is 0. The van der Waals surface area contributed by atoms with Gasteiger partial charge >= 0.3 is 12.1 Å². The topological polar surface area (TPSA) is 129 Å². The zero-order chi connectivity index (χ0) is 29.7. The zero-order valence-electron chi connectivity index (χ0n) is 22.4. The van der Waals surface area contributed by atoms with Gasteiger partial charge in [0.05, 0.1) is 29.5 Å². The number of amides is 3. The van der Waals surface area contributed by atoms with Gasteiger partial charge in [0.2, 0.25) is 11.8 Å². The summed E-state index contributed by atoms with van der Waals surface area (Å²) in [6.45, 7) is 3.39. The molecule has 10 nitrogen and oxygen atoms in total. The third-order valence-electron chi connectivity index (χ3n) is 8.39. The number of halogens is 4. The minimum Gasteiger partial charge on any atom is -0.370 e. The van der Waals surface area contributed by atoms with Crippen LogP contribution in [0.25, 0.3) is 5.52 Å². The number of alkyl halides is 3. The minimum atomic E-state index is -5.21. The molecule has 41 heavy (non-hydrogen) atoms. The predicted molar refractivity (Wildman–Crippen MR) is 142 cm³/mol. The van der Waals surface area contributed by atoms with Crippen LogP contribution in [0.3, 0.4) is 0 Å². The lowest BCUT2D eigenvalue weighted by Gasteiger charge is -2.34. The maximum atomic E-state index is 13.9. The number of fused-ring (bicyclic) bond motifs is 2. The maximum Gasteiger partial charge on any atom is 0.471 e. The fourth-order valence-electron chi connectivity index (χ4n) is 6.10. The van der Waals surface area contributed by atoms with E-state index >= 15 is 0 Å². The molecule has 5 rings (SSSR count). The van der Waals surface area contributed by atoms with Crippen LogP contribution in [0.4, 0.5) is 13.2 Å². The van der Waals surface area contributed by atoms with Gasteiger partial charge in [0.25, 0.3) is 0 Å². The number of ether oxygens (including phenoxy) is 1. The minimum absolute atomic E-state index is 0.0301. The average molecular weight is 639 g/mol. The van der Waals surface area contributed by atoms with Crippen LogP contribution < -0.4 is 10.6 Å². The maximum absolute atomic E-state index is 13.9. The van der Waals surface area contributed by atoms with Crippen LogP contribution in [-0.4, -0.2) is 68.7 Å². The van der Waals surface area contributed by atoms with Gasteiger partial charge in [-0.05, 0) is 79.4 Å². The second-order valence-electron chi connectivity index (χ2n) is 11.3. The van der Waals surface area contributed by atoms with Gasteiger partial charge in [-0.1, -0.05) is 6.42 Å². The number of aromatic nitrogens is 2. The predicted octanol–water partition coefficient (Wildman–Crippen LogP) is 3.41. The quantitative estimate of drug-likeness (QED) is 0.456. The monoisotopic (exact) mass is 638 g/mol. The van der Waals surface area contributed by atoms with E-state index in [0.717, 1.165) is 12.8 Å². The Morgan fingerprint density at radius 3 is 2.66 bits per heavy atom. The molecule has 14 heteroatoms. The van der Waals surface area contributed by atoms with Crippen molar-refractivity contribution in [1.29, 1.82) is 5.26 Å². The van der Waals surface area contributed by atoms with E-state index in [9.17, 15) is 32.8 Å². The van der Waals surface area contributed by atoms with Gasteiger partial charge in [0.15, 0.2) is 0 Å². The highest BCUT2D eigenvalue weighted by atomic mass is 79.9. The third kappa shape index (κ3) is 5.79. The number of hydrogen-bond acceptors (Lipinski definition) is 6. The molecule has 3 fully saturated rings. The van der Waals surface area contributed by atoms with Gasteiger partial charge in [-0.2, -0.15) is 23.5 Å². The summed E-state index contributed by atoms with van der Waals surface area (Å²) in [4.78, 5) is 40.9. The lowest BCUT2D eigenvalue weighted by atomic mass is 9.93. The molecule has 0 radical (unpaired) electrons. The summed E-state index contributed by atoms with van der Waals surface area (Å²) in [6.07, 6.45) is 0.497. The molecule has 1 unspecified atom stereocenters. The molecule has 1 saturated heterocycles. The Morgan fingerprint density at radius 1 is 1.27 bits per heavy atom. The van der Waals surface area contributed by atoms with Crippen LogP contribution in [0.1, 0.15) is 57.6 Å². The Labute approximate surface area is 242 Å². The van der Waals surface area contributed by atoms with Gasteiger partial charge < -0.3 is 20.3 Å². The third-order valence-corrected chi connectivity index (χ3v) is 9.03. The highest BCUT2D eigenvalue weighted by Crippen LogP contribution is 2.44. The van der Waals surface area contributed by atoms with Gasteiger partial charge in [0, 0.05) is 22.8 Å². The van der Waals surface area contributed by atoms with E-state index in [1.165, 1.54) is 18.0 Å². The first-order chi connectivity index (χ1) is 19.3. The van der Waals surface area contributed by atoms with Crippen molar-refractivity contribution in [2.75, 3.05) is 6.54 Å². The molecule has 2 aromatic rings. The fourth-order valence-corrected chi connectivity index (χ4v) is 6.67. The van der Waals surface area contributed by atoms with Crippen molar-refractivity contribution in [1.82, 2.24) is 25.1 Å². The average Bonchev–Trinajstić information content (AvgIpc) is 3.27. The van der Waals surface area contributed by atoms with Crippen molar-refractivity contribution in [2.45, 2.75) is 82.0 Å². The van der Waals surface area contributed by atoms with E-state index in [2.05, 4.69) is 32.4 Å². The summed E-state index contributed by atoms with van der Waals surface area (Å²) in [6, 6.07) is 1.84. The van der Waals surface area contributed by atoms with Gasteiger partial charge in [0.1, 0.15) is 18.1 Å². The molecule has 2 aromatic heterocycles. The molecule has 1 aliphatic heterocycles. The van der Waals surface area contributed by atoms with Crippen molar-refractivity contribution < 1.29 is 32.3 Å². The highest BCUT2D eigenvalue weighted by Gasteiger charge is 2.53. The molecule has 3 heterocycles. The molecule has 2 saturated carbocycles. The van der Waals surface area contributed by atoms with Crippen molar-refractivity contribution in [3.63, 3.8) is 0 Å². The van der Waals surface area contributed by atoms with Crippen molar-refractivity contribution >= 4 is 39.2 Å². The Kier molecular flexibility index (Phi) is 7.80. The van der Waals surface area contributed by atoms with E-state index in [0.29, 0.717) is 34.8 Å². The summed E-state index contributed by atoms with van der Waals surface area (Å²) in [5, 5.41) is 18.8. The number of likely N-dealkylation sites (tertiary alicyclic amines) is 1. The number of nitriles is 1. The molecule has 2 aliphatic carbocycles. The van der Waals surface area contributed by atoms with E-state index in [1.807, 2.05) is 5.32 Å². The van der Waals surface area contributed by atoms with Crippen molar-refractivity contribution in [3.05, 3.63) is 34.6 Å². The molecular formula is C27H30BrF3N6O4. The van der Waals surface area contributed by atoms with Gasteiger partial charge in [-0.25, -0.2) is 4.52 Å².